The van der Waals surface area contributed by atoms with Crippen molar-refractivity contribution in [1.82, 2.24) is 5.32 Å². The van der Waals surface area contributed by atoms with E-state index in [1.165, 1.54) is 0 Å². The van der Waals surface area contributed by atoms with E-state index in [9.17, 15) is 9.00 Å². The van der Waals surface area contributed by atoms with Crippen LogP contribution in [0.4, 0.5) is 0 Å². The predicted molar refractivity (Wildman–Crippen MR) is 63.9 cm³/mol. The van der Waals surface area contributed by atoms with Crippen molar-refractivity contribution in [3.63, 3.8) is 0 Å². The van der Waals surface area contributed by atoms with Crippen molar-refractivity contribution >= 4 is 16.8 Å². The zero-order chi connectivity index (χ0) is 12.2. The lowest BCUT2D eigenvalue weighted by Crippen LogP contribution is -2.26. The summed E-state index contributed by atoms with van der Waals surface area (Å²) in [5, 5.41) is 3.09. The van der Waals surface area contributed by atoms with Crippen LogP contribution in [0.3, 0.4) is 0 Å². The number of esters is 1. The Hall–Kier alpha value is -0.460. The molecule has 0 aromatic rings. The van der Waals surface area contributed by atoms with Gasteiger partial charge in [-0.1, -0.05) is 6.92 Å². The molecule has 0 heterocycles. The summed E-state index contributed by atoms with van der Waals surface area (Å²) < 4.78 is 20.8. The van der Waals surface area contributed by atoms with E-state index < -0.39 is 10.8 Å². The average Bonchev–Trinajstić information content (AvgIpc) is 2.27. The van der Waals surface area contributed by atoms with E-state index in [1.54, 1.807) is 6.92 Å². The highest BCUT2D eigenvalue weighted by molar-refractivity contribution is 7.84. The van der Waals surface area contributed by atoms with E-state index in [4.69, 9.17) is 9.47 Å². The third kappa shape index (κ3) is 10.1. The third-order valence-electron chi connectivity index (χ3n) is 1.78. The Morgan fingerprint density at radius 2 is 2.06 bits per heavy atom. The van der Waals surface area contributed by atoms with E-state index in [1.807, 2.05) is 6.92 Å². The minimum absolute atomic E-state index is 0.00356. The maximum Gasteiger partial charge on any atom is 0.332 e. The van der Waals surface area contributed by atoms with Gasteiger partial charge >= 0.3 is 5.97 Å². The quantitative estimate of drug-likeness (QED) is 0.435. The molecule has 0 spiro atoms. The topological polar surface area (TPSA) is 64.6 Å². The molecule has 16 heavy (non-hydrogen) atoms. The highest BCUT2D eigenvalue weighted by Gasteiger charge is 2.00. The van der Waals surface area contributed by atoms with Gasteiger partial charge in [-0.15, -0.1) is 0 Å². The second-order valence-corrected chi connectivity index (χ2v) is 4.91. The summed E-state index contributed by atoms with van der Waals surface area (Å²) in [6.07, 6.45) is 0. The Morgan fingerprint density at radius 3 is 2.69 bits per heavy atom. The molecule has 0 saturated carbocycles. The number of carbonyl (C=O) groups is 1. The maximum atomic E-state index is 11.0. The van der Waals surface area contributed by atoms with Crippen molar-refractivity contribution in [3.8, 4) is 0 Å². The van der Waals surface area contributed by atoms with Crippen LogP contribution < -0.4 is 5.32 Å². The Kier molecular flexibility index (Phi) is 10.7. The molecule has 0 amide bonds. The molecule has 1 atom stereocenters. The molecule has 0 fully saturated rings. The number of ether oxygens (including phenoxy) is 2. The van der Waals surface area contributed by atoms with E-state index >= 15 is 0 Å². The standard InChI is InChI=1S/C10H21NO4S/c1-3-15-10(12)9-14-7-5-11-6-8-16(13)4-2/h11H,3-9H2,1-2H3. The fourth-order valence-corrected chi connectivity index (χ4v) is 1.62. The molecule has 6 heteroatoms. The highest BCUT2D eigenvalue weighted by atomic mass is 32.2. The zero-order valence-electron chi connectivity index (χ0n) is 9.99. The minimum Gasteiger partial charge on any atom is -0.464 e. The lowest BCUT2D eigenvalue weighted by atomic mass is 10.6. The first-order valence-corrected chi connectivity index (χ1v) is 6.98. The molecule has 0 aliphatic heterocycles. The van der Waals surface area contributed by atoms with Gasteiger partial charge in [-0.3, -0.25) is 4.21 Å². The van der Waals surface area contributed by atoms with Gasteiger partial charge in [0.2, 0.25) is 0 Å². The Morgan fingerprint density at radius 1 is 1.31 bits per heavy atom. The van der Waals surface area contributed by atoms with E-state index in [-0.39, 0.29) is 12.6 Å². The van der Waals surface area contributed by atoms with Crippen LogP contribution in [-0.4, -0.2) is 54.6 Å². The molecular formula is C10H21NO4S. The summed E-state index contributed by atoms with van der Waals surface area (Å²) in [5.74, 6) is 1.02. The summed E-state index contributed by atoms with van der Waals surface area (Å²) >= 11 is 0. The van der Waals surface area contributed by atoms with Crippen LogP contribution in [0.5, 0.6) is 0 Å². The van der Waals surface area contributed by atoms with Gasteiger partial charge in [0.1, 0.15) is 6.61 Å². The summed E-state index contributed by atoms with van der Waals surface area (Å²) in [7, 11) is -0.722. The number of hydrogen-bond donors (Lipinski definition) is 1. The summed E-state index contributed by atoms with van der Waals surface area (Å²) in [5.41, 5.74) is 0. The fourth-order valence-electron chi connectivity index (χ4n) is 0.958. The van der Waals surface area contributed by atoms with Crippen LogP contribution in [0.1, 0.15) is 13.8 Å². The molecule has 0 aliphatic rings. The number of carbonyl (C=O) groups excluding carboxylic acids is 1. The Balaban J connectivity index is 3.15. The van der Waals surface area contributed by atoms with Crippen molar-refractivity contribution in [3.05, 3.63) is 0 Å². The smallest absolute Gasteiger partial charge is 0.332 e. The molecule has 1 unspecified atom stereocenters. The summed E-state index contributed by atoms with van der Waals surface area (Å²) in [6.45, 7) is 5.85. The summed E-state index contributed by atoms with van der Waals surface area (Å²) in [4.78, 5) is 10.9. The van der Waals surface area contributed by atoms with Gasteiger partial charge < -0.3 is 14.8 Å². The highest BCUT2D eigenvalue weighted by Crippen LogP contribution is 1.81. The number of rotatable bonds is 10. The Bertz CT molecular complexity index is 211. The molecule has 0 rings (SSSR count). The Labute approximate surface area is 99.3 Å². The lowest BCUT2D eigenvalue weighted by Gasteiger charge is -2.05. The molecule has 0 aliphatic carbocycles. The second-order valence-electron chi connectivity index (χ2n) is 3.04. The molecule has 0 radical (unpaired) electrons. The van der Waals surface area contributed by atoms with Crippen LogP contribution in [0.2, 0.25) is 0 Å². The van der Waals surface area contributed by atoms with Gasteiger partial charge in [-0.25, -0.2) is 4.79 Å². The van der Waals surface area contributed by atoms with Crippen molar-refractivity contribution in [1.29, 1.82) is 0 Å². The van der Waals surface area contributed by atoms with E-state index in [0.29, 0.717) is 37.8 Å². The monoisotopic (exact) mass is 251 g/mol. The first kappa shape index (κ1) is 15.5. The van der Waals surface area contributed by atoms with Crippen molar-refractivity contribution in [2.45, 2.75) is 13.8 Å². The predicted octanol–water partition coefficient (Wildman–Crippen LogP) is -0.0757. The third-order valence-corrected chi connectivity index (χ3v) is 3.08. The second kappa shape index (κ2) is 11.0. The van der Waals surface area contributed by atoms with E-state index in [2.05, 4.69) is 5.32 Å². The van der Waals surface area contributed by atoms with Gasteiger partial charge in [0.15, 0.2) is 0 Å². The molecule has 5 nitrogen and oxygen atoms in total. The zero-order valence-corrected chi connectivity index (χ0v) is 10.8. The minimum atomic E-state index is -0.722. The van der Waals surface area contributed by atoms with Gasteiger partial charge in [-0.2, -0.15) is 0 Å². The van der Waals surface area contributed by atoms with Crippen molar-refractivity contribution in [2.24, 2.45) is 0 Å². The van der Waals surface area contributed by atoms with Crippen LogP contribution in [0.25, 0.3) is 0 Å². The van der Waals surface area contributed by atoms with Gasteiger partial charge in [-0.05, 0) is 6.92 Å². The van der Waals surface area contributed by atoms with E-state index in [0.717, 1.165) is 0 Å². The lowest BCUT2D eigenvalue weighted by molar-refractivity contribution is -0.148. The molecule has 0 saturated heterocycles. The first-order chi connectivity index (χ1) is 7.70. The molecule has 0 aromatic heterocycles. The summed E-state index contributed by atoms with van der Waals surface area (Å²) in [6, 6.07) is 0. The molecule has 0 bridgehead atoms. The van der Waals surface area contributed by atoms with Crippen molar-refractivity contribution in [2.75, 3.05) is 44.4 Å². The van der Waals surface area contributed by atoms with Crippen LogP contribution in [0, 0.1) is 0 Å². The first-order valence-electron chi connectivity index (χ1n) is 5.49. The largest absolute Gasteiger partial charge is 0.464 e. The molecular weight excluding hydrogens is 230 g/mol. The molecule has 96 valence electrons. The van der Waals surface area contributed by atoms with Crippen LogP contribution in [-0.2, 0) is 25.1 Å². The average molecular weight is 251 g/mol. The van der Waals surface area contributed by atoms with Gasteiger partial charge in [0, 0.05) is 35.4 Å². The van der Waals surface area contributed by atoms with Crippen molar-refractivity contribution < 1.29 is 18.5 Å². The fraction of sp³-hybridized carbons (Fsp3) is 0.900. The van der Waals surface area contributed by atoms with Crippen LogP contribution >= 0.6 is 0 Å². The number of nitrogens with one attached hydrogen (secondary N) is 1. The normalized spacial score (nSPS) is 12.4. The molecule has 1 N–H and O–H groups in total. The van der Waals surface area contributed by atoms with Crippen LogP contribution in [0.15, 0.2) is 0 Å². The number of hydrogen-bond acceptors (Lipinski definition) is 5. The maximum absolute atomic E-state index is 11.0. The molecule has 0 aromatic carbocycles. The van der Waals surface area contributed by atoms with Gasteiger partial charge in [0.25, 0.3) is 0 Å². The SMILES string of the molecule is CCOC(=O)COCCNCCS(=O)CC. The van der Waals surface area contributed by atoms with Gasteiger partial charge in [0.05, 0.1) is 13.2 Å².